The maximum absolute atomic E-state index is 2.50. The van der Waals surface area contributed by atoms with E-state index < -0.39 is 0 Å². The van der Waals surface area contributed by atoms with Crippen LogP contribution in [0.2, 0.25) is 0 Å². The maximum atomic E-state index is 2.50. The van der Waals surface area contributed by atoms with Crippen LogP contribution in [0, 0.1) is 0 Å². The zero-order chi connectivity index (χ0) is 13.8. The average Bonchev–Trinajstić information content (AvgIpc) is 2.52. The molecule has 1 aliphatic heterocycles. The quantitative estimate of drug-likeness (QED) is 0.688. The number of rotatable bonds is 2. The summed E-state index contributed by atoms with van der Waals surface area (Å²) >= 11 is 0. The lowest BCUT2D eigenvalue weighted by molar-refractivity contribution is 0.578. The Hall–Kier alpha value is -0.980. The van der Waals surface area contributed by atoms with Crippen molar-refractivity contribution in [2.24, 2.45) is 0 Å². The molecule has 1 aliphatic rings. The molecule has 18 heavy (non-hydrogen) atoms. The first kappa shape index (κ1) is 17.0. The monoisotopic (exact) mass is 249 g/mol. The van der Waals surface area contributed by atoms with Crippen molar-refractivity contribution >= 4 is 5.69 Å². The van der Waals surface area contributed by atoms with Crippen LogP contribution >= 0.6 is 0 Å². The normalized spacial score (nSPS) is 13.9. The van der Waals surface area contributed by atoms with Gasteiger partial charge in [0.25, 0.3) is 0 Å². The lowest BCUT2D eigenvalue weighted by atomic mass is 10.1. The molecule has 1 heteroatoms. The Morgan fingerprint density at radius 2 is 1.33 bits per heavy atom. The van der Waals surface area contributed by atoms with Crippen molar-refractivity contribution in [3.63, 3.8) is 0 Å². The van der Waals surface area contributed by atoms with Gasteiger partial charge < -0.3 is 4.90 Å². The molecule has 104 valence electrons. The maximum Gasteiger partial charge on any atom is 0.0366 e. The van der Waals surface area contributed by atoms with Gasteiger partial charge in [0, 0.05) is 18.8 Å². The fourth-order valence-corrected chi connectivity index (χ4v) is 2.09. The first-order valence-electron chi connectivity index (χ1n) is 7.74. The van der Waals surface area contributed by atoms with Crippen molar-refractivity contribution in [1.29, 1.82) is 0 Å². The fourth-order valence-electron chi connectivity index (χ4n) is 2.09. The number of anilines is 1. The minimum Gasteiger partial charge on any atom is -0.372 e. The fraction of sp³-hybridized carbons (Fsp3) is 0.647. The minimum absolute atomic E-state index is 1.14. The molecule has 0 aliphatic carbocycles. The van der Waals surface area contributed by atoms with E-state index in [0.717, 1.165) is 6.42 Å². The third-order valence-electron chi connectivity index (χ3n) is 3.07. The van der Waals surface area contributed by atoms with Gasteiger partial charge in [-0.05, 0) is 43.4 Å². The van der Waals surface area contributed by atoms with Crippen molar-refractivity contribution in [3.8, 4) is 0 Å². The van der Waals surface area contributed by atoms with Gasteiger partial charge in [0.2, 0.25) is 0 Å². The van der Waals surface area contributed by atoms with E-state index in [4.69, 9.17) is 0 Å². The molecule has 1 saturated heterocycles. The predicted octanol–water partition coefficient (Wildman–Crippen LogP) is 5.29. The Bertz CT molecular complexity index is 270. The van der Waals surface area contributed by atoms with Crippen LogP contribution in [-0.4, -0.2) is 13.1 Å². The molecule has 1 fully saturated rings. The topological polar surface area (TPSA) is 3.24 Å². The lowest BCUT2D eigenvalue weighted by Crippen LogP contribution is -2.29. The van der Waals surface area contributed by atoms with Crippen LogP contribution in [0.4, 0.5) is 5.69 Å². The molecule has 1 heterocycles. The number of hydrogen-bond acceptors (Lipinski definition) is 1. The summed E-state index contributed by atoms with van der Waals surface area (Å²) in [7, 11) is 0. The predicted molar refractivity (Wildman–Crippen MR) is 84.6 cm³/mol. The van der Waals surface area contributed by atoms with Gasteiger partial charge in [-0.25, -0.2) is 0 Å². The SMILES string of the molecule is CC.CC.CCc1ccc(N2CCCCC2)cc1. The standard InChI is InChI=1S/C13H19N.2C2H6/c1-2-12-6-8-13(9-7-12)14-10-4-3-5-11-14;2*1-2/h6-9H,2-5,10-11H2,1H3;2*1-2H3. The van der Waals surface area contributed by atoms with Crippen molar-refractivity contribution in [2.45, 2.75) is 60.3 Å². The van der Waals surface area contributed by atoms with E-state index in [0.29, 0.717) is 0 Å². The Morgan fingerprint density at radius 1 is 0.833 bits per heavy atom. The van der Waals surface area contributed by atoms with Crippen LogP contribution < -0.4 is 4.90 Å². The van der Waals surface area contributed by atoms with E-state index in [2.05, 4.69) is 36.1 Å². The third kappa shape index (κ3) is 5.57. The van der Waals surface area contributed by atoms with Crippen LogP contribution in [0.15, 0.2) is 24.3 Å². The molecule has 0 amide bonds. The number of piperidine rings is 1. The Balaban J connectivity index is 0.000000659. The van der Waals surface area contributed by atoms with Gasteiger partial charge >= 0.3 is 0 Å². The summed E-state index contributed by atoms with van der Waals surface area (Å²) in [5, 5.41) is 0. The van der Waals surface area contributed by atoms with Crippen LogP contribution in [0.5, 0.6) is 0 Å². The number of benzene rings is 1. The van der Waals surface area contributed by atoms with E-state index in [1.165, 1.54) is 43.6 Å². The largest absolute Gasteiger partial charge is 0.372 e. The van der Waals surface area contributed by atoms with Crippen LogP contribution in [0.1, 0.15) is 59.4 Å². The number of hydrogen-bond donors (Lipinski definition) is 0. The molecule has 0 saturated carbocycles. The Kier molecular flexibility index (Phi) is 10.5. The molecule has 1 aromatic rings. The molecule has 0 atom stereocenters. The summed E-state index contributed by atoms with van der Waals surface area (Å²) in [6.07, 6.45) is 5.26. The average molecular weight is 249 g/mol. The molecule has 1 nitrogen and oxygen atoms in total. The third-order valence-corrected chi connectivity index (χ3v) is 3.07. The van der Waals surface area contributed by atoms with E-state index in [1.54, 1.807) is 0 Å². The van der Waals surface area contributed by atoms with Crippen LogP contribution in [0.3, 0.4) is 0 Å². The molecule has 2 rings (SSSR count). The highest BCUT2D eigenvalue weighted by molar-refractivity contribution is 5.47. The zero-order valence-electron chi connectivity index (χ0n) is 13.0. The molecule has 0 N–H and O–H groups in total. The molecule has 0 unspecified atom stereocenters. The second kappa shape index (κ2) is 11.1. The van der Waals surface area contributed by atoms with E-state index in [-0.39, 0.29) is 0 Å². The highest BCUT2D eigenvalue weighted by Crippen LogP contribution is 2.20. The Morgan fingerprint density at radius 3 is 1.78 bits per heavy atom. The van der Waals surface area contributed by atoms with Crippen LogP contribution in [0.25, 0.3) is 0 Å². The Labute approximate surface area is 114 Å². The molecule has 0 aromatic heterocycles. The summed E-state index contributed by atoms with van der Waals surface area (Å²) in [6.45, 7) is 12.7. The van der Waals surface area contributed by atoms with Gasteiger partial charge in [-0.15, -0.1) is 0 Å². The number of nitrogens with zero attached hydrogens (tertiary/aromatic N) is 1. The van der Waals surface area contributed by atoms with Crippen molar-refractivity contribution < 1.29 is 0 Å². The van der Waals surface area contributed by atoms with Gasteiger partial charge in [-0.3, -0.25) is 0 Å². The van der Waals surface area contributed by atoms with E-state index in [1.807, 2.05) is 27.7 Å². The molecule has 0 bridgehead atoms. The molecule has 0 spiro atoms. The van der Waals surface area contributed by atoms with Gasteiger partial charge in [-0.2, -0.15) is 0 Å². The minimum atomic E-state index is 1.14. The second-order valence-corrected chi connectivity index (χ2v) is 4.07. The van der Waals surface area contributed by atoms with E-state index in [9.17, 15) is 0 Å². The van der Waals surface area contributed by atoms with Crippen molar-refractivity contribution in [3.05, 3.63) is 29.8 Å². The second-order valence-electron chi connectivity index (χ2n) is 4.07. The first-order chi connectivity index (χ1) is 8.90. The summed E-state index contributed by atoms with van der Waals surface area (Å²) in [5.41, 5.74) is 2.84. The summed E-state index contributed by atoms with van der Waals surface area (Å²) in [6, 6.07) is 9.04. The zero-order valence-corrected chi connectivity index (χ0v) is 13.0. The summed E-state index contributed by atoms with van der Waals surface area (Å²) in [5.74, 6) is 0. The highest BCUT2D eigenvalue weighted by Gasteiger charge is 2.09. The first-order valence-corrected chi connectivity index (χ1v) is 7.74. The summed E-state index contributed by atoms with van der Waals surface area (Å²) in [4.78, 5) is 2.50. The molecule has 1 aromatic carbocycles. The van der Waals surface area contributed by atoms with Gasteiger partial charge in [0.05, 0.1) is 0 Å². The summed E-state index contributed by atoms with van der Waals surface area (Å²) < 4.78 is 0. The van der Waals surface area contributed by atoms with Gasteiger partial charge in [-0.1, -0.05) is 46.8 Å². The molecular weight excluding hydrogens is 218 g/mol. The van der Waals surface area contributed by atoms with Crippen molar-refractivity contribution in [2.75, 3.05) is 18.0 Å². The number of aryl methyl sites for hydroxylation is 1. The van der Waals surface area contributed by atoms with Crippen LogP contribution in [-0.2, 0) is 6.42 Å². The van der Waals surface area contributed by atoms with Gasteiger partial charge in [0.15, 0.2) is 0 Å². The smallest absolute Gasteiger partial charge is 0.0366 e. The van der Waals surface area contributed by atoms with Gasteiger partial charge in [0.1, 0.15) is 0 Å². The molecular formula is C17H31N. The lowest BCUT2D eigenvalue weighted by Gasteiger charge is -2.28. The highest BCUT2D eigenvalue weighted by atomic mass is 15.1. The van der Waals surface area contributed by atoms with Crippen molar-refractivity contribution in [1.82, 2.24) is 0 Å². The van der Waals surface area contributed by atoms with E-state index >= 15 is 0 Å². The molecule has 0 radical (unpaired) electrons.